The molecule has 3 amide bonds. The predicted octanol–water partition coefficient (Wildman–Crippen LogP) is 5.27. The van der Waals surface area contributed by atoms with E-state index in [1.54, 1.807) is 54.6 Å². The highest BCUT2D eigenvalue weighted by molar-refractivity contribution is 9.10. The zero-order chi connectivity index (χ0) is 23.7. The van der Waals surface area contributed by atoms with Gasteiger partial charge in [0.1, 0.15) is 11.5 Å². The van der Waals surface area contributed by atoms with E-state index in [0.29, 0.717) is 45.0 Å². The van der Waals surface area contributed by atoms with Crippen molar-refractivity contribution in [2.75, 3.05) is 18.5 Å². The molecule has 2 heterocycles. The van der Waals surface area contributed by atoms with Crippen LogP contribution in [-0.4, -0.2) is 41.9 Å². The monoisotopic (exact) mass is 520 g/mol. The highest BCUT2D eigenvalue weighted by atomic mass is 79.9. The van der Waals surface area contributed by atoms with Gasteiger partial charge < -0.3 is 14.8 Å². The number of carbonyl (C=O) groups is 3. The van der Waals surface area contributed by atoms with E-state index >= 15 is 0 Å². The molecule has 2 aliphatic rings. The molecule has 1 saturated heterocycles. The quantitative estimate of drug-likeness (QED) is 0.447. The van der Waals surface area contributed by atoms with Gasteiger partial charge in [-0.3, -0.25) is 19.3 Å². The third kappa shape index (κ3) is 4.47. The number of fused-ring (bicyclic) bond motifs is 1. The molecular weight excluding hydrogens is 500 g/mol. The Morgan fingerprint density at radius 1 is 1.00 bits per heavy atom. The van der Waals surface area contributed by atoms with Crippen LogP contribution in [0.5, 0.6) is 11.5 Å². The number of amides is 3. The molecule has 172 valence electrons. The number of benzene rings is 3. The number of nitrogens with zero attached hydrogens (tertiary/aromatic N) is 1. The van der Waals surface area contributed by atoms with Crippen LogP contribution < -0.4 is 10.1 Å². The average molecular weight is 521 g/mol. The molecule has 0 aromatic heterocycles. The smallest absolute Gasteiger partial charge is 0.261 e. The largest absolute Gasteiger partial charge is 0.457 e. The molecule has 1 unspecified atom stereocenters. The van der Waals surface area contributed by atoms with Crippen molar-refractivity contribution >= 4 is 39.3 Å². The van der Waals surface area contributed by atoms with Gasteiger partial charge in [0, 0.05) is 16.8 Å². The molecule has 0 radical (unpaired) electrons. The topological polar surface area (TPSA) is 84.9 Å². The Hall–Kier alpha value is -3.49. The SMILES string of the molecule is O=C(Nc1ccc(Oc2ccc3c(c2)C(=O)N(CC2CCCO2)C3=O)cc1)c1ccccc1Br. The fraction of sp³-hybridized carbons (Fsp3) is 0.192. The first-order chi connectivity index (χ1) is 16.5. The number of halogens is 1. The highest BCUT2D eigenvalue weighted by Gasteiger charge is 2.37. The summed E-state index contributed by atoms with van der Waals surface area (Å²) in [6, 6.07) is 19.0. The molecule has 8 heteroatoms. The van der Waals surface area contributed by atoms with Crippen LogP contribution in [0.25, 0.3) is 0 Å². The van der Waals surface area contributed by atoms with Crippen molar-refractivity contribution < 1.29 is 23.9 Å². The second-order valence-corrected chi connectivity index (χ2v) is 8.98. The third-order valence-corrected chi connectivity index (χ3v) is 6.51. The first-order valence-corrected chi connectivity index (χ1v) is 11.7. The number of carbonyl (C=O) groups excluding carboxylic acids is 3. The van der Waals surface area contributed by atoms with E-state index < -0.39 is 0 Å². The summed E-state index contributed by atoms with van der Waals surface area (Å²) in [7, 11) is 0. The van der Waals surface area contributed by atoms with Gasteiger partial charge in [-0.25, -0.2) is 0 Å². The van der Waals surface area contributed by atoms with E-state index in [1.807, 2.05) is 12.1 Å². The molecule has 7 nitrogen and oxygen atoms in total. The second-order valence-electron chi connectivity index (χ2n) is 8.12. The summed E-state index contributed by atoms with van der Waals surface area (Å²) in [6.45, 7) is 0.938. The number of ether oxygens (including phenoxy) is 2. The molecule has 3 aromatic rings. The number of nitrogens with one attached hydrogen (secondary N) is 1. The van der Waals surface area contributed by atoms with E-state index in [-0.39, 0.29) is 30.4 Å². The van der Waals surface area contributed by atoms with Crippen molar-refractivity contribution in [2.24, 2.45) is 0 Å². The van der Waals surface area contributed by atoms with Gasteiger partial charge in [0.25, 0.3) is 17.7 Å². The lowest BCUT2D eigenvalue weighted by Gasteiger charge is -2.17. The highest BCUT2D eigenvalue weighted by Crippen LogP contribution is 2.31. The van der Waals surface area contributed by atoms with Gasteiger partial charge >= 0.3 is 0 Å². The van der Waals surface area contributed by atoms with Gasteiger partial charge in [0.2, 0.25) is 0 Å². The van der Waals surface area contributed by atoms with Gasteiger partial charge in [-0.15, -0.1) is 0 Å². The first-order valence-electron chi connectivity index (χ1n) is 11.0. The Morgan fingerprint density at radius 2 is 1.74 bits per heavy atom. The average Bonchev–Trinajstić information content (AvgIpc) is 3.43. The number of hydrogen-bond acceptors (Lipinski definition) is 5. The molecular formula is C26H21BrN2O5. The summed E-state index contributed by atoms with van der Waals surface area (Å²) in [6.07, 6.45) is 1.69. The van der Waals surface area contributed by atoms with Crippen molar-refractivity contribution in [1.82, 2.24) is 4.90 Å². The number of hydrogen-bond donors (Lipinski definition) is 1. The zero-order valence-corrected chi connectivity index (χ0v) is 19.7. The lowest BCUT2D eigenvalue weighted by molar-refractivity contribution is 0.0475. The van der Waals surface area contributed by atoms with E-state index in [9.17, 15) is 14.4 Å². The summed E-state index contributed by atoms with van der Waals surface area (Å²) in [5, 5.41) is 2.85. The molecule has 5 rings (SSSR count). The zero-order valence-electron chi connectivity index (χ0n) is 18.1. The van der Waals surface area contributed by atoms with Crippen LogP contribution in [-0.2, 0) is 4.74 Å². The van der Waals surface area contributed by atoms with Crippen molar-refractivity contribution in [1.29, 1.82) is 0 Å². The molecule has 0 saturated carbocycles. The van der Waals surface area contributed by atoms with Gasteiger partial charge in [0.05, 0.1) is 29.3 Å². The molecule has 1 N–H and O–H groups in total. The molecule has 0 aliphatic carbocycles. The van der Waals surface area contributed by atoms with Crippen LogP contribution in [0, 0.1) is 0 Å². The molecule has 0 bridgehead atoms. The summed E-state index contributed by atoms with van der Waals surface area (Å²) in [4.78, 5) is 39.2. The molecule has 0 spiro atoms. The minimum absolute atomic E-state index is 0.0973. The Kier molecular flexibility index (Phi) is 6.17. The van der Waals surface area contributed by atoms with Crippen molar-refractivity contribution in [3.63, 3.8) is 0 Å². The van der Waals surface area contributed by atoms with Crippen LogP contribution in [0.1, 0.15) is 43.9 Å². The maximum absolute atomic E-state index is 12.8. The molecule has 3 aromatic carbocycles. The summed E-state index contributed by atoms with van der Waals surface area (Å²) in [5.74, 6) is 0.129. The van der Waals surface area contributed by atoms with Gasteiger partial charge in [-0.2, -0.15) is 0 Å². The Bertz CT molecular complexity index is 1270. The maximum atomic E-state index is 12.8. The van der Waals surface area contributed by atoms with Crippen LogP contribution in [0.4, 0.5) is 5.69 Å². The van der Waals surface area contributed by atoms with Crippen LogP contribution in [0.15, 0.2) is 71.2 Å². The van der Waals surface area contributed by atoms with E-state index in [4.69, 9.17) is 9.47 Å². The molecule has 2 aliphatic heterocycles. The first kappa shape index (κ1) is 22.3. The lowest BCUT2D eigenvalue weighted by atomic mass is 10.1. The maximum Gasteiger partial charge on any atom is 0.261 e. The summed E-state index contributed by atoms with van der Waals surface area (Å²) < 4.78 is 12.2. The Balaban J connectivity index is 1.26. The minimum atomic E-state index is -0.328. The van der Waals surface area contributed by atoms with E-state index in [0.717, 1.165) is 12.8 Å². The molecule has 1 fully saturated rings. The van der Waals surface area contributed by atoms with Crippen LogP contribution >= 0.6 is 15.9 Å². The van der Waals surface area contributed by atoms with Gasteiger partial charge in [-0.1, -0.05) is 12.1 Å². The number of anilines is 1. The normalized spacial score (nSPS) is 17.1. The molecule has 1 atom stereocenters. The fourth-order valence-electron chi connectivity index (χ4n) is 4.08. The number of imide groups is 1. The predicted molar refractivity (Wildman–Crippen MR) is 129 cm³/mol. The van der Waals surface area contributed by atoms with Crippen molar-refractivity contribution in [3.05, 3.63) is 87.9 Å². The van der Waals surface area contributed by atoms with Gasteiger partial charge in [0.15, 0.2) is 0 Å². The van der Waals surface area contributed by atoms with E-state index in [1.165, 1.54) is 4.90 Å². The Labute approximate surface area is 204 Å². The van der Waals surface area contributed by atoms with Crippen LogP contribution in [0.2, 0.25) is 0 Å². The summed E-state index contributed by atoms with van der Waals surface area (Å²) in [5.41, 5.74) is 1.86. The molecule has 34 heavy (non-hydrogen) atoms. The standard InChI is InChI=1S/C26H21BrN2O5/c27-23-6-2-1-5-21(23)24(30)28-16-7-9-17(10-8-16)34-18-11-12-20-22(14-18)26(32)29(25(20)31)15-19-4-3-13-33-19/h1-2,5-12,14,19H,3-4,13,15H2,(H,28,30). The Morgan fingerprint density at radius 3 is 2.47 bits per heavy atom. The van der Waals surface area contributed by atoms with Gasteiger partial charge in [-0.05, 0) is 83.4 Å². The minimum Gasteiger partial charge on any atom is -0.457 e. The lowest BCUT2D eigenvalue weighted by Crippen LogP contribution is -2.36. The van der Waals surface area contributed by atoms with Crippen molar-refractivity contribution in [2.45, 2.75) is 18.9 Å². The second kappa shape index (κ2) is 9.40. The number of rotatable bonds is 6. The fourth-order valence-corrected chi connectivity index (χ4v) is 4.54. The van der Waals surface area contributed by atoms with E-state index in [2.05, 4.69) is 21.2 Å². The summed E-state index contributed by atoms with van der Waals surface area (Å²) >= 11 is 3.38. The van der Waals surface area contributed by atoms with Crippen LogP contribution in [0.3, 0.4) is 0 Å². The third-order valence-electron chi connectivity index (χ3n) is 5.82. The van der Waals surface area contributed by atoms with Crippen molar-refractivity contribution in [3.8, 4) is 11.5 Å².